The van der Waals surface area contributed by atoms with Gasteiger partial charge in [0.25, 0.3) is 5.91 Å². The third kappa shape index (κ3) is 2.86. The van der Waals surface area contributed by atoms with Crippen molar-refractivity contribution in [3.05, 3.63) is 57.5 Å². The number of halogens is 1. The summed E-state index contributed by atoms with van der Waals surface area (Å²) < 4.78 is 13.4. The topological polar surface area (TPSA) is 125 Å². The fraction of sp³-hybridized carbons (Fsp3) is 0. The van der Waals surface area contributed by atoms with Gasteiger partial charge in [-0.3, -0.25) is 4.79 Å². The van der Waals surface area contributed by atoms with E-state index in [1.165, 1.54) is 12.1 Å². The fourth-order valence-electron chi connectivity index (χ4n) is 1.66. The highest BCUT2D eigenvalue weighted by molar-refractivity contribution is 6.07. The van der Waals surface area contributed by atoms with Gasteiger partial charge < -0.3 is 20.5 Å². The highest BCUT2D eigenvalue weighted by Gasteiger charge is 2.20. The molecule has 9 heteroatoms. The number of aromatic nitrogens is 1. The Morgan fingerprint density at radius 2 is 2.00 bits per heavy atom. The minimum absolute atomic E-state index is 0.151. The second-order valence-corrected chi connectivity index (χ2v) is 3.94. The first-order valence-corrected chi connectivity index (χ1v) is 5.56. The van der Waals surface area contributed by atoms with E-state index in [-0.39, 0.29) is 11.4 Å². The van der Waals surface area contributed by atoms with Gasteiger partial charge in [-0.2, -0.15) is 0 Å². The molecule has 2 rings (SSSR count). The van der Waals surface area contributed by atoms with Gasteiger partial charge in [0.15, 0.2) is 5.69 Å². The summed E-state index contributed by atoms with van der Waals surface area (Å²) in [5.74, 6) is -3.76. The van der Waals surface area contributed by atoms with Crippen LogP contribution in [0.2, 0.25) is 0 Å². The molecule has 0 unspecified atom stereocenters. The molecular formula is C12H8FN3O5. The van der Waals surface area contributed by atoms with Crippen LogP contribution >= 0.6 is 0 Å². The molecule has 0 aliphatic heterocycles. The molecule has 0 saturated carbocycles. The minimum Gasteiger partial charge on any atom is -0.478 e. The Morgan fingerprint density at radius 3 is 2.57 bits per heavy atom. The highest BCUT2D eigenvalue weighted by atomic mass is 19.1. The molecule has 0 aliphatic rings. The molecule has 2 aromatic rings. The molecule has 0 spiro atoms. The lowest BCUT2D eigenvalue weighted by Crippen LogP contribution is -2.16. The van der Waals surface area contributed by atoms with Gasteiger partial charge in [-0.05, 0) is 23.1 Å². The lowest BCUT2D eigenvalue weighted by atomic mass is 10.1. The molecule has 3 N–H and O–H groups in total. The predicted molar refractivity (Wildman–Crippen MR) is 68.8 cm³/mol. The zero-order valence-electron chi connectivity index (χ0n) is 10.3. The number of carboxylic acid groups (broad SMARTS) is 1. The first kappa shape index (κ1) is 14.2. The van der Waals surface area contributed by atoms with Crippen molar-refractivity contribution >= 4 is 23.4 Å². The van der Waals surface area contributed by atoms with Crippen molar-refractivity contribution in [2.45, 2.75) is 0 Å². The number of H-pyrrole nitrogens is 1. The first-order chi connectivity index (χ1) is 9.90. The maximum absolute atomic E-state index is 13.4. The Labute approximate surface area is 116 Å². The normalized spacial score (nSPS) is 10.1. The molecule has 0 fully saturated rings. The molecule has 1 aromatic heterocycles. The molecular weight excluding hydrogens is 285 g/mol. The van der Waals surface area contributed by atoms with E-state index in [4.69, 9.17) is 5.11 Å². The van der Waals surface area contributed by atoms with E-state index in [0.717, 1.165) is 18.2 Å². The van der Waals surface area contributed by atoms with Gasteiger partial charge in [0, 0.05) is 6.07 Å². The minimum atomic E-state index is -1.54. The Morgan fingerprint density at radius 1 is 1.29 bits per heavy atom. The van der Waals surface area contributed by atoms with E-state index < -0.39 is 34.0 Å². The number of hydrogen-bond donors (Lipinski definition) is 3. The molecule has 0 saturated heterocycles. The Hall–Kier alpha value is -3.23. The number of nitro groups is 1. The van der Waals surface area contributed by atoms with Crippen molar-refractivity contribution in [3.63, 3.8) is 0 Å². The summed E-state index contributed by atoms with van der Waals surface area (Å²) >= 11 is 0. The number of benzene rings is 1. The van der Waals surface area contributed by atoms with E-state index in [1.807, 2.05) is 0 Å². The fourth-order valence-corrected chi connectivity index (χ4v) is 1.66. The number of aromatic amines is 1. The van der Waals surface area contributed by atoms with Crippen LogP contribution in [0.3, 0.4) is 0 Å². The van der Waals surface area contributed by atoms with Gasteiger partial charge in [-0.1, -0.05) is 6.07 Å². The van der Waals surface area contributed by atoms with Crippen LogP contribution in [0.5, 0.6) is 0 Å². The largest absolute Gasteiger partial charge is 0.478 e. The maximum atomic E-state index is 13.4. The molecule has 0 atom stereocenters. The summed E-state index contributed by atoms with van der Waals surface area (Å²) in [6.45, 7) is 0. The molecule has 0 radical (unpaired) electrons. The van der Waals surface area contributed by atoms with Crippen LogP contribution in [0, 0.1) is 15.9 Å². The van der Waals surface area contributed by atoms with Crippen molar-refractivity contribution in [2.24, 2.45) is 0 Å². The zero-order valence-corrected chi connectivity index (χ0v) is 10.3. The smallest absolute Gasteiger partial charge is 0.340 e. The number of aromatic carboxylic acids is 1. The summed E-state index contributed by atoms with van der Waals surface area (Å²) in [5, 5.41) is 21.6. The van der Waals surface area contributed by atoms with Crippen LogP contribution in [0.15, 0.2) is 30.3 Å². The Balaban J connectivity index is 2.29. The molecule has 0 aliphatic carbocycles. The van der Waals surface area contributed by atoms with E-state index in [2.05, 4.69) is 10.3 Å². The standard InChI is InChI=1S/C12H8FN3O5/c13-6-2-1-3-7(10(6)12(18)19)15-11(17)8-4-5-9(14-8)16(20)21/h1-5,14H,(H,15,17)(H,18,19). The van der Waals surface area contributed by atoms with Gasteiger partial charge in [0.1, 0.15) is 11.4 Å². The average molecular weight is 293 g/mol. The number of nitrogens with one attached hydrogen (secondary N) is 2. The number of anilines is 1. The van der Waals surface area contributed by atoms with Crippen LogP contribution in [0.4, 0.5) is 15.9 Å². The summed E-state index contributed by atoms with van der Waals surface area (Å²) in [5.41, 5.74) is -1.08. The highest BCUT2D eigenvalue weighted by Crippen LogP contribution is 2.20. The number of carbonyl (C=O) groups excluding carboxylic acids is 1. The van der Waals surface area contributed by atoms with Crippen molar-refractivity contribution in [3.8, 4) is 0 Å². The van der Waals surface area contributed by atoms with Crippen molar-refractivity contribution in [1.29, 1.82) is 0 Å². The molecule has 8 nitrogen and oxygen atoms in total. The van der Waals surface area contributed by atoms with Crippen LogP contribution in [0.25, 0.3) is 0 Å². The quantitative estimate of drug-likeness (QED) is 0.587. The molecule has 0 bridgehead atoms. The third-order valence-electron chi connectivity index (χ3n) is 2.59. The summed E-state index contributed by atoms with van der Waals surface area (Å²) in [4.78, 5) is 34.8. The third-order valence-corrected chi connectivity index (χ3v) is 2.59. The zero-order chi connectivity index (χ0) is 15.6. The van der Waals surface area contributed by atoms with Crippen LogP contribution in [-0.4, -0.2) is 26.9 Å². The molecule has 108 valence electrons. The van der Waals surface area contributed by atoms with Gasteiger partial charge >= 0.3 is 11.8 Å². The number of carboxylic acids is 1. The van der Waals surface area contributed by atoms with Crippen LogP contribution in [-0.2, 0) is 0 Å². The summed E-state index contributed by atoms with van der Waals surface area (Å²) in [6.07, 6.45) is 0. The van der Waals surface area contributed by atoms with Gasteiger partial charge in [-0.25, -0.2) is 14.2 Å². The Bertz CT molecular complexity index is 740. The van der Waals surface area contributed by atoms with Crippen LogP contribution in [0.1, 0.15) is 20.8 Å². The maximum Gasteiger partial charge on any atom is 0.340 e. The number of nitrogens with zero attached hydrogens (tertiary/aromatic N) is 1. The number of rotatable bonds is 4. The van der Waals surface area contributed by atoms with E-state index in [9.17, 15) is 24.1 Å². The SMILES string of the molecule is O=C(Nc1cccc(F)c1C(=O)O)c1ccc([N+](=O)[O-])[nH]1. The second-order valence-electron chi connectivity index (χ2n) is 3.94. The molecule has 21 heavy (non-hydrogen) atoms. The first-order valence-electron chi connectivity index (χ1n) is 5.56. The van der Waals surface area contributed by atoms with Gasteiger partial charge in [0.2, 0.25) is 0 Å². The van der Waals surface area contributed by atoms with Crippen molar-refractivity contribution in [1.82, 2.24) is 4.98 Å². The van der Waals surface area contributed by atoms with Crippen LogP contribution < -0.4 is 5.32 Å². The molecule has 1 heterocycles. The monoisotopic (exact) mass is 293 g/mol. The van der Waals surface area contributed by atoms with Gasteiger partial charge in [0.05, 0.1) is 5.69 Å². The van der Waals surface area contributed by atoms with E-state index in [0.29, 0.717) is 0 Å². The number of amides is 1. The van der Waals surface area contributed by atoms with Crippen molar-refractivity contribution in [2.75, 3.05) is 5.32 Å². The van der Waals surface area contributed by atoms with Gasteiger partial charge in [-0.15, -0.1) is 0 Å². The average Bonchev–Trinajstić information content (AvgIpc) is 2.88. The van der Waals surface area contributed by atoms with E-state index in [1.54, 1.807) is 0 Å². The molecule has 1 amide bonds. The predicted octanol–water partition coefficient (Wildman–Crippen LogP) is 2.01. The second kappa shape index (κ2) is 5.41. The lowest BCUT2D eigenvalue weighted by molar-refractivity contribution is -0.389. The lowest BCUT2D eigenvalue weighted by Gasteiger charge is -2.07. The molecule has 1 aromatic carbocycles. The number of carbonyl (C=O) groups is 2. The van der Waals surface area contributed by atoms with Crippen molar-refractivity contribution < 1.29 is 24.0 Å². The number of hydrogen-bond acceptors (Lipinski definition) is 4. The summed E-state index contributed by atoms with van der Waals surface area (Å²) in [7, 11) is 0. The Kier molecular flexibility index (Phi) is 3.65. The van der Waals surface area contributed by atoms with E-state index >= 15 is 0 Å². The summed E-state index contributed by atoms with van der Waals surface area (Å²) in [6, 6.07) is 5.63.